The SMILES string of the molecule is O=C(/C=C/c1ccc(-c2cc(Cl)cc(Cl)c2)o1)Nc1cc(C(F)(F)F)ccc1Cl. The smallest absolute Gasteiger partial charge is 0.416 e. The van der Waals surface area contributed by atoms with Gasteiger partial charge in [-0.25, -0.2) is 0 Å². The van der Waals surface area contributed by atoms with Gasteiger partial charge in [0.15, 0.2) is 0 Å². The second-order valence-electron chi connectivity index (χ2n) is 5.88. The van der Waals surface area contributed by atoms with Crippen LogP contribution in [0.1, 0.15) is 11.3 Å². The number of nitrogens with one attached hydrogen (secondary N) is 1. The fourth-order valence-corrected chi connectivity index (χ4v) is 3.11. The molecule has 0 aliphatic rings. The van der Waals surface area contributed by atoms with E-state index in [4.69, 9.17) is 39.2 Å². The number of benzene rings is 2. The molecule has 0 fully saturated rings. The van der Waals surface area contributed by atoms with Crippen molar-refractivity contribution in [3.05, 3.63) is 81.0 Å². The lowest BCUT2D eigenvalue weighted by Gasteiger charge is -2.10. The molecule has 0 aliphatic carbocycles. The molecule has 150 valence electrons. The van der Waals surface area contributed by atoms with Crippen LogP contribution in [-0.2, 0) is 11.0 Å². The Bertz CT molecular complexity index is 1070. The van der Waals surface area contributed by atoms with E-state index in [0.717, 1.165) is 24.3 Å². The minimum absolute atomic E-state index is 0.0159. The van der Waals surface area contributed by atoms with E-state index in [1.165, 1.54) is 6.08 Å². The molecule has 0 atom stereocenters. The normalized spacial score (nSPS) is 11.8. The first kappa shape index (κ1) is 21.3. The maximum absolute atomic E-state index is 12.8. The summed E-state index contributed by atoms with van der Waals surface area (Å²) in [5, 5.41) is 3.18. The summed E-state index contributed by atoms with van der Waals surface area (Å²) < 4.78 is 44.0. The molecular formula is C20H11Cl3F3NO2. The topological polar surface area (TPSA) is 42.2 Å². The van der Waals surface area contributed by atoms with Crippen LogP contribution in [0.5, 0.6) is 0 Å². The summed E-state index contributed by atoms with van der Waals surface area (Å²) in [6, 6.07) is 10.9. The number of anilines is 1. The average molecular weight is 461 g/mol. The molecule has 0 saturated heterocycles. The van der Waals surface area contributed by atoms with Gasteiger partial charge in [-0.15, -0.1) is 0 Å². The van der Waals surface area contributed by atoms with Crippen LogP contribution in [0.4, 0.5) is 18.9 Å². The highest BCUT2D eigenvalue weighted by Crippen LogP contribution is 2.34. The fourth-order valence-electron chi connectivity index (χ4n) is 2.42. The van der Waals surface area contributed by atoms with Gasteiger partial charge in [-0.3, -0.25) is 4.79 Å². The summed E-state index contributed by atoms with van der Waals surface area (Å²) in [6.07, 6.45) is -2.07. The number of hydrogen-bond donors (Lipinski definition) is 1. The predicted octanol–water partition coefficient (Wildman–Crippen LogP) is 7.58. The number of hydrogen-bond acceptors (Lipinski definition) is 2. The third kappa shape index (κ3) is 5.56. The van der Waals surface area contributed by atoms with Crippen molar-refractivity contribution in [2.24, 2.45) is 0 Å². The zero-order valence-corrected chi connectivity index (χ0v) is 16.6. The van der Waals surface area contributed by atoms with Crippen LogP contribution in [-0.4, -0.2) is 5.91 Å². The molecule has 29 heavy (non-hydrogen) atoms. The van der Waals surface area contributed by atoms with E-state index >= 15 is 0 Å². The minimum atomic E-state index is -4.55. The summed E-state index contributed by atoms with van der Waals surface area (Å²) >= 11 is 17.8. The van der Waals surface area contributed by atoms with Crippen LogP contribution in [0.3, 0.4) is 0 Å². The monoisotopic (exact) mass is 459 g/mol. The van der Waals surface area contributed by atoms with Gasteiger partial charge in [-0.05, 0) is 54.6 Å². The summed E-state index contributed by atoms with van der Waals surface area (Å²) in [7, 11) is 0. The van der Waals surface area contributed by atoms with Gasteiger partial charge < -0.3 is 9.73 Å². The Morgan fingerprint density at radius 1 is 0.966 bits per heavy atom. The number of amides is 1. The molecule has 3 aromatic rings. The molecule has 3 nitrogen and oxygen atoms in total. The summed E-state index contributed by atoms with van der Waals surface area (Å²) in [4.78, 5) is 12.1. The molecule has 1 amide bonds. The van der Waals surface area contributed by atoms with Gasteiger partial charge in [0, 0.05) is 21.7 Å². The van der Waals surface area contributed by atoms with Crippen molar-refractivity contribution in [3.8, 4) is 11.3 Å². The Kier molecular flexibility index (Phi) is 6.27. The summed E-state index contributed by atoms with van der Waals surface area (Å²) in [5.74, 6) is 0.159. The summed E-state index contributed by atoms with van der Waals surface area (Å²) in [6.45, 7) is 0. The van der Waals surface area contributed by atoms with Crippen molar-refractivity contribution in [3.63, 3.8) is 0 Å². The van der Waals surface area contributed by atoms with Gasteiger partial charge in [-0.1, -0.05) is 34.8 Å². The first-order valence-corrected chi connectivity index (χ1v) is 9.17. The molecule has 0 spiro atoms. The maximum Gasteiger partial charge on any atom is 0.416 e. The molecule has 3 rings (SSSR count). The highest BCUT2D eigenvalue weighted by molar-refractivity contribution is 6.35. The number of furan rings is 1. The molecular weight excluding hydrogens is 450 g/mol. The second-order valence-corrected chi connectivity index (χ2v) is 7.16. The van der Waals surface area contributed by atoms with Gasteiger partial charge in [0.2, 0.25) is 5.91 Å². The van der Waals surface area contributed by atoms with Crippen LogP contribution in [0.2, 0.25) is 15.1 Å². The third-order valence-corrected chi connectivity index (χ3v) is 4.49. The van der Waals surface area contributed by atoms with Crippen molar-refractivity contribution < 1.29 is 22.4 Å². The Morgan fingerprint density at radius 2 is 1.66 bits per heavy atom. The predicted molar refractivity (Wildman–Crippen MR) is 108 cm³/mol. The van der Waals surface area contributed by atoms with Gasteiger partial charge >= 0.3 is 6.18 Å². The second kappa shape index (κ2) is 8.53. The van der Waals surface area contributed by atoms with E-state index in [2.05, 4.69) is 5.32 Å². The number of carbonyl (C=O) groups excluding carboxylic acids is 1. The van der Waals surface area contributed by atoms with Crippen LogP contribution in [0.25, 0.3) is 17.4 Å². The number of alkyl halides is 3. The van der Waals surface area contributed by atoms with Crippen molar-refractivity contribution >= 4 is 52.5 Å². The largest absolute Gasteiger partial charge is 0.457 e. The quantitative estimate of drug-likeness (QED) is 0.408. The van der Waals surface area contributed by atoms with Crippen molar-refractivity contribution in [2.75, 3.05) is 5.32 Å². The van der Waals surface area contributed by atoms with E-state index in [1.807, 2.05) is 0 Å². The third-order valence-electron chi connectivity index (χ3n) is 3.72. The van der Waals surface area contributed by atoms with Crippen molar-refractivity contribution in [2.45, 2.75) is 6.18 Å². The van der Waals surface area contributed by atoms with Crippen LogP contribution < -0.4 is 5.32 Å². The van der Waals surface area contributed by atoms with E-state index in [1.54, 1.807) is 30.3 Å². The van der Waals surface area contributed by atoms with Gasteiger partial charge in [0.25, 0.3) is 0 Å². The minimum Gasteiger partial charge on any atom is -0.457 e. The Morgan fingerprint density at radius 3 is 2.31 bits per heavy atom. The molecule has 2 aromatic carbocycles. The molecule has 0 saturated carbocycles. The fraction of sp³-hybridized carbons (Fsp3) is 0.0500. The lowest BCUT2D eigenvalue weighted by molar-refractivity contribution is -0.137. The molecule has 1 N–H and O–H groups in total. The standard InChI is InChI=1S/C20H11Cl3F3NO2/c21-13-7-11(8-14(22)10-13)18-5-2-15(29-18)3-6-19(28)27-17-9-12(20(24,25)26)1-4-16(17)23/h1-10H,(H,27,28)/b6-3+. The summed E-state index contributed by atoms with van der Waals surface area (Å²) in [5.41, 5.74) is -0.413. The van der Waals surface area contributed by atoms with Crippen molar-refractivity contribution in [1.29, 1.82) is 0 Å². The Labute approximate surface area is 178 Å². The molecule has 1 heterocycles. The molecule has 0 radical (unpaired) electrons. The first-order chi connectivity index (χ1) is 13.6. The molecule has 0 bridgehead atoms. The number of rotatable bonds is 4. The molecule has 0 unspecified atom stereocenters. The zero-order chi connectivity index (χ0) is 21.2. The first-order valence-electron chi connectivity index (χ1n) is 8.04. The van der Waals surface area contributed by atoms with Gasteiger partial charge in [-0.2, -0.15) is 13.2 Å². The molecule has 9 heteroatoms. The molecule has 0 aliphatic heterocycles. The average Bonchev–Trinajstić information content (AvgIpc) is 3.09. The lowest BCUT2D eigenvalue weighted by Crippen LogP contribution is -2.10. The highest BCUT2D eigenvalue weighted by atomic mass is 35.5. The van der Waals surface area contributed by atoms with Crippen LogP contribution in [0, 0.1) is 0 Å². The van der Waals surface area contributed by atoms with Crippen LogP contribution in [0.15, 0.2) is 59.0 Å². The van der Waals surface area contributed by atoms with E-state index in [-0.39, 0.29) is 10.7 Å². The van der Waals surface area contributed by atoms with E-state index in [9.17, 15) is 18.0 Å². The number of halogens is 6. The number of carbonyl (C=O) groups is 1. The van der Waals surface area contributed by atoms with Crippen molar-refractivity contribution in [1.82, 2.24) is 0 Å². The Balaban J connectivity index is 1.73. The van der Waals surface area contributed by atoms with Gasteiger partial charge in [0.05, 0.1) is 16.3 Å². The zero-order valence-electron chi connectivity index (χ0n) is 14.4. The van der Waals surface area contributed by atoms with E-state index < -0.39 is 17.6 Å². The molecule has 1 aromatic heterocycles. The highest BCUT2D eigenvalue weighted by Gasteiger charge is 2.31. The lowest BCUT2D eigenvalue weighted by atomic mass is 10.2. The van der Waals surface area contributed by atoms with Gasteiger partial charge in [0.1, 0.15) is 11.5 Å². The Hall–Kier alpha value is -2.41. The van der Waals surface area contributed by atoms with E-state index in [0.29, 0.717) is 27.1 Å². The van der Waals surface area contributed by atoms with Crippen LogP contribution >= 0.6 is 34.8 Å². The maximum atomic E-state index is 12.8.